The van der Waals surface area contributed by atoms with E-state index < -0.39 is 0 Å². The highest BCUT2D eigenvalue weighted by Crippen LogP contribution is 2.48. The van der Waals surface area contributed by atoms with Gasteiger partial charge in [-0.15, -0.1) is 0 Å². The number of fused-ring (bicyclic) bond motifs is 6. The maximum Gasteiger partial charge on any atom is 0.0746 e. The van der Waals surface area contributed by atoms with Crippen LogP contribution in [0.1, 0.15) is 25.0 Å². The quantitative estimate of drug-likeness (QED) is 0.280. The molecular weight excluding hydrogens is 350 g/mol. The molecule has 0 fully saturated rings. The maximum atomic E-state index is 4.96. The number of benzene rings is 4. The summed E-state index contributed by atoms with van der Waals surface area (Å²) in [4.78, 5) is 4.96. The van der Waals surface area contributed by atoms with E-state index in [1.807, 2.05) is 6.20 Å². The average molecular weight is 371 g/mol. The zero-order valence-corrected chi connectivity index (χ0v) is 16.6. The van der Waals surface area contributed by atoms with Gasteiger partial charge in [0.2, 0.25) is 0 Å². The molecule has 5 aromatic rings. The SMILES string of the molecule is CC1(C)c2ccccc2-c2ncc(-c3cc4ccccc4c4ccccc34)cc21. The number of hydrogen-bond donors (Lipinski definition) is 0. The Morgan fingerprint density at radius 2 is 1.31 bits per heavy atom. The van der Waals surface area contributed by atoms with Crippen molar-refractivity contribution in [1.82, 2.24) is 4.98 Å². The molecule has 0 bridgehead atoms. The highest BCUT2D eigenvalue weighted by Gasteiger charge is 2.36. The second kappa shape index (κ2) is 5.78. The van der Waals surface area contributed by atoms with Gasteiger partial charge in [0.15, 0.2) is 0 Å². The van der Waals surface area contributed by atoms with Crippen molar-refractivity contribution in [2.45, 2.75) is 19.3 Å². The molecule has 0 radical (unpaired) electrons. The molecule has 0 amide bonds. The van der Waals surface area contributed by atoms with Crippen molar-refractivity contribution in [2.75, 3.05) is 0 Å². The highest BCUT2D eigenvalue weighted by molar-refractivity contribution is 6.13. The Morgan fingerprint density at radius 3 is 2.17 bits per heavy atom. The van der Waals surface area contributed by atoms with Crippen LogP contribution in [-0.2, 0) is 5.41 Å². The summed E-state index contributed by atoms with van der Waals surface area (Å²) in [6.45, 7) is 4.61. The first kappa shape index (κ1) is 16.5. The summed E-state index contributed by atoms with van der Waals surface area (Å²) >= 11 is 0. The van der Waals surface area contributed by atoms with Crippen molar-refractivity contribution < 1.29 is 0 Å². The highest BCUT2D eigenvalue weighted by atomic mass is 14.7. The van der Waals surface area contributed by atoms with Gasteiger partial charge in [0.1, 0.15) is 0 Å². The second-order valence-electron chi connectivity index (χ2n) is 8.48. The number of nitrogens with zero attached hydrogens (tertiary/aromatic N) is 1. The Balaban J connectivity index is 1.65. The van der Waals surface area contributed by atoms with E-state index in [0.717, 1.165) is 5.69 Å². The van der Waals surface area contributed by atoms with Gasteiger partial charge in [-0.05, 0) is 50.4 Å². The summed E-state index contributed by atoms with van der Waals surface area (Å²) in [6.07, 6.45) is 2.05. The molecule has 1 heteroatoms. The summed E-state index contributed by atoms with van der Waals surface area (Å²) in [5.41, 5.74) is 7.47. The third-order valence-electron chi connectivity index (χ3n) is 6.50. The monoisotopic (exact) mass is 371 g/mol. The van der Waals surface area contributed by atoms with Gasteiger partial charge in [-0.3, -0.25) is 4.98 Å². The maximum absolute atomic E-state index is 4.96. The summed E-state index contributed by atoms with van der Waals surface area (Å²) in [5.74, 6) is 0. The third kappa shape index (κ3) is 2.25. The van der Waals surface area contributed by atoms with Crippen molar-refractivity contribution >= 4 is 21.5 Å². The Morgan fingerprint density at radius 1 is 0.621 bits per heavy atom. The number of hydrogen-bond acceptors (Lipinski definition) is 1. The Kier molecular flexibility index (Phi) is 3.29. The molecule has 1 heterocycles. The first-order valence-corrected chi connectivity index (χ1v) is 10.2. The van der Waals surface area contributed by atoms with Crippen molar-refractivity contribution in [3.05, 3.63) is 102 Å². The summed E-state index contributed by atoms with van der Waals surface area (Å²) in [5, 5.41) is 5.14. The van der Waals surface area contributed by atoms with E-state index in [1.54, 1.807) is 0 Å². The van der Waals surface area contributed by atoms with Crippen LogP contribution in [0.15, 0.2) is 91.1 Å². The standard InChI is InChI=1S/C28H21N/c1-28(2)25-14-8-7-13-23(25)27-26(28)16-19(17-29-27)24-15-18-9-3-4-10-20(18)21-11-5-6-12-22(21)24/h3-17H,1-2H3. The second-order valence-corrected chi connectivity index (χ2v) is 8.48. The van der Waals surface area contributed by atoms with Crippen LogP contribution in [0.4, 0.5) is 0 Å². The van der Waals surface area contributed by atoms with Crippen LogP contribution in [-0.4, -0.2) is 4.98 Å². The van der Waals surface area contributed by atoms with E-state index in [1.165, 1.54) is 49.4 Å². The van der Waals surface area contributed by atoms with Gasteiger partial charge in [-0.25, -0.2) is 0 Å². The third-order valence-corrected chi connectivity index (χ3v) is 6.50. The average Bonchev–Trinajstić information content (AvgIpc) is 3.00. The summed E-state index contributed by atoms with van der Waals surface area (Å²) in [7, 11) is 0. The van der Waals surface area contributed by atoms with Crippen LogP contribution >= 0.6 is 0 Å². The molecule has 1 aromatic heterocycles. The molecule has 0 aliphatic heterocycles. The lowest BCUT2D eigenvalue weighted by Crippen LogP contribution is -2.15. The van der Waals surface area contributed by atoms with Crippen LogP contribution < -0.4 is 0 Å². The first-order valence-electron chi connectivity index (χ1n) is 10.2. The van der Waals surface area contributed by atoms with Crippen molar-refractivity contribution in [2.24, 2.45) is 0 Å². The van der Waals surface area contributed by atoms with Crippen LogP contribution in [0.25, 0.3) is 43.9 Å². The number of pyridine rings is 1. The molecule has 0 N–H and O–H groups in total. The molecule has 29 heavy (non-hydrogen) atoms. The summed E-state index contributed by atoms with van der Waals surface area (Å²) in [6, 6.07) is 30.7. The topological polar surface area (TPSA) is 12.9 Å². The van der Waals surface area contributed by atoms with Crippen LogP contribution in [0.2, 0.25) is 0 Å². The lowest BCUT2D eigenvalue weighted by atomic mass is 9.82. The Bertz CT molecular complexity index is 1430. The minimum Gasteiger partial charge on any atom is -0.255 e. The molecule has 0 spiro atoms. The molecule has 4 aromatic carbocycles. The van der Waals surface area contributed by atoms with E-state index in [2.05, 4.69) is 98.8 Å². The van der Waals surface area contributed by atoms with E-state index >= 15 is 0 Å². The number of rotatable bonds is 1. The van der Waals surface area contributed by atoms with Gasteiger partial charge in [0.25, 0.3) is 0 Å². The van der Waals surface area contributed by atoms with Crippen LogP contribution in [0, 0.1) is 0 Å². The van der Waals surface area contributed by atoms with E-state index in [4.69, 9.17) is 4.98 Å². The van der Waals surface area contributed by atoms with Crippen LogP contribution in [0.5, 0.6) is 0 Å². The van der Waals surface area contributed by atoms with Crippen molar-refractivity contribution in [3.8, 4) is 22.4 Å². The minimum absolute atomic E-state index is 0.0401. The molecule has 0 saturated heterocycles. The molecule has 0 unspecified atom stereocenters. The fourth-order valence-electron chi connectivity index (χ4n) is 4.98. The lowest BCUT2D eigenvalue weighted by molar-refractivity contribution is 0.659. The van der Waals surface area contributed by atoms with Crippen LogP contribution in [0.3, 0.4) is 0 Å². The van der Waals surface area contributed by atoms with Gasteiger partial charge in [-0.2, -0.15) is 0 Å². The van der Waals surface area contributed by atoms with E-state index in [9.17, 15) is 0 Å². The van der Waals surface area contributed by atoms with Gasteiger partial charge in [0.05, 0.1) is 5.69 Å². The Labute approximate surface area is 170 Å². The zero-order valence-electron chi connectivity index (χ0n) is 16.6. The zero-order chi connectivity index (χ0) is 19.6. The Hall–Kier alpha value is -3.45. The minimum atomic E-state index is -0.0401. The van der Waals surface area contributed by atoms with Gasteiger partial charge in [0, 0.05) is 22.7 Å². The molecule has 1 aliphatic carbocycles. The predicted octanol–water partition coefficient (Wildman–Crippen LogP) is 7.36. The molecule has 0 atom stereocenters. The number of aromatic nitrogens is 1. The predicted molar refractivity (Wildman–Crippen MR) is 122 cm³/mol. The van der Waals surface area contributed by atoms with E-state index in [-0.39, 0.29) is 5.41 Å². The smallest absolute Gasteiger partial charge is 0.0746 e. The summed E-state index contributed by atoms with van der Waals surface area (Å²) < 4.78 is 0. The fraction of sp³-hybridized carbons (Fsp3) is 0.107. The molecular formula is C28H21N. The first-order chi connectivity index (χ1) is 14.1. The fourth-order valence-corrected chi connectivity index (χ4v) is 4.98. The molecule has 138 valence electrons. The van der Waals surface area contributed by atoms with Gasteiger partial charge in [-0.1, -0.05) is 86.6 Å². The van der Waals surface area contributed by atoms with Gasteiger partial charge < -0.3 is 0 Å². The molecule has 1 nitrogen and oxygen atoms in total. The largest absolute Gasteiger partial charge is 0.255 e. The lowest BCUT2D eigenvalue weighted by Gasteiger charge is -2.21. The van der Waals surface area contributed by atoms with Gasteiger partial charge >= 0.3 is 0 Å². The normalized spacial score (nSPS) is 14.1. The van der Waals surface area contributed by atoms with Crippen molar-refractivity contribution in [3.63, 3.8) is 0 Å². The molecule has 6 rings (SSSR count). The molecule has 1 aliphatic rings. The van der Waals surface area contributed by atoms with E-state index in [0.29, 0.717) is 0 Å². The van der Waals surface area contributed by atoms with Crippen molar-refractivity contribution in [1.29, 1.82) is 0 Å². The molecule has 0 saturated carbocycles.